The predicted octanol–water partition coefficient (Wildman–Crippen LogP) is 4.55. The highest BCUT2D eigenvalue weighted by Gasteiger charge is 2.28. The maximum Gasteiger partial charge on any atom is 0.247 e. The highest BCUT2D eigenvalue weighted by molar-refractivity contribution is 6.33. The molecule has 0 saturated heterocycles. The summed E-state index contributed by atoms with van der Waals surface area (Å²) >= 11 is 6.15. The van der Waals surface area contributed by atoms with Crippen LogP contribution in [0, 0.1) is 5.82 Å². The van der Waals surface area contributed by atoms with Crippen LogP contribution >= 0.6 is 11.6 Å². The Kier molecular flexibility index (Phi) is 3.56. The number of benzene rings is 2. The fourth-order valence-corrected chi connectivity index (χ4v) is 2.37. The maximum absolute atomic E-state index is 13.8. The average Bonchev–Trinajstić information content (AvgIpc) is 2.87. The quantitative estimate of drug-likeness (QED) is 0.474. The van der Waals surface area contributed by atoms with Gasteiger partial charge in [0.15, 0.2) is 11.5 Å². The highest BCUT2D eigenvalue weighted by atomic mass is 35.5. The summed E-state index contributed by atoms with van der Waals surface area (Å²) in [5.41, 5.74) is 9.47. The van der Waals surface area contributed by atoms with Crippen LogP contribution in [0.15, 0.2) is 41.5 Å². The minimum atomic E-state index is -0.765. The summed E-state index contributed by atoms with van der Waals surface area (Å²) in [6.07, 6.45) is -0.765. The molecule has 21 heavy (non-hydrogen) atoms. The lowest BCUT2D eigenvalue weighted by atomic mass is 10.0. The number of hydrogen-bond acceptors (Lipinski definition) is 3. The summed E-state index contributed by atoms with van der Waals surface area (Å²) in [5, 5.41) is 3.87. The Bertz CT molecular complexity index is 747. The third kappa shape index (κ3) is 2.59. The molecule has 0 N–H and O–H groups in total. The van der Waals surface area contributed by atoms with E-state index in [1.807, 2.05) is 0 Å². The molecule has 1 aliphatic rings. The first-order valence-electron chi connectivity index (χ1n) is 6.11. The van der Waals surface area contributed by atoms with Gasteiger partial charge in [0.2, 0.25) is 6.29 Å². The van der Waals surface area contributed by atoms with Crippen molar-refractivity contribution in [3.05, 3.63) is 57.7 Å². The largest absolute Gasteiger partial charge is 0.451 e. The van der Waals surface area contributed by atoms with E-state index >= 15 is 0 Å². The normalized spacial score (nSPS) is 15.6. The van der Waals surface area contributed by atoms with Crippen LogP contribution < -0.4 is 9.47 Å². The molecule has 106 valence electrons. The second kappa shape index (κ2) is 5.52. The van der Waals surface area contributed by atoms with E-state index < -0.39 is 12.1 Å². The maximum atomic E-state index is 13.8. The van der Waals surface area contributed by atoms with Crippen LogP contribution in [0.1, 0.15) is 0 Å². The molecule has 0 radical (unpaired) electrons. The number of halogens is 2. The van der Waals surface area contributed by atoms with Crippen molar-refractivity contribution in [2.45, 2.75) is 6.29 Å². The van der Waals surface area contributed by atoms with E-state index in [2.05, 4.69) is 10.0 Å². The number of fused-ring (bicyclic) bond motifs is 1. The van der Waals surface area contributed by atoms with Crippen molar-refractivity contribution in [2.24, 2.45) is 5.11 Å². The van der Waals surface area contributed by atoms with Crippen molar-refractivity contribution in [1.29, 1.82) is 0 Å². The monoisotopic (exact) mass is 305 g/mol. The van der Waals surface area contributed by atoms with Gasteiger partial charge in [0, 0.05) is 27.1 Å². The van der Waals surface area contributed by atoms with Crippen LogP contribution in [-0.4, -0.2) is 12.8 Å². The van der Waals surface area contributed by atoms with Crippen molar-refractivity contribution in [3.8, 4) is 22.6 Å². The summed E-state index contributed by atoms with van der Waals surface area (Å²) in [5.74, 6) is 0.197. The van der Waals surface area contributed by atoms with Gasteiger partial charge >= 0.3 is 0 Å². The fraction of sp³-hybridized carbons (Fsp3) is 0.143. The number of azide groups is 1. The van der Waals surface area contributed by atoms with Crippen molar-refractivity contribution in [3.63, 3.8) is 0 Å². The molecule has 0 spiro atoms. The molecule has 5 nitrogen and oxygen atoms in total. The van der Waals surface area contributed by atoms with E-state index in [9.17, 15) is 4.39 Å². The van der Waals surface area contributed by atoms with Crippen LogP contribution in [0.5, 0.6) is 11.5 Å². The third-order valence-corrected chi connectivity index (χ3v) is 3.31. The van der Waals surface area contributed by atoms with E-state index in [-0.39, 0.29) is 12.3 Å². The summed E-state index contributed by atoms with van der Waals surface area (Å²) < 4.78 is 24.8. The summed E-state index contributed by atoms with van der Waals surface area (Å²) in [4.78, 5) is 2.64. The SMILES string of the molecule is [N-]=[N+]=NCC1Oc2cc(F)cc(-c3ccccc3Cl)c2O1. The molecule has 0 amide bonds. The van der Waals surface area contributed by atoms with Gasteiger partial charge in [0.25, 0.3) is 0 Å². The zero-order chi connectivity index (χ0) is 14.8. The van der Waals surface area contributed by atoms with Crippen molar-refractivity contribution < 1.29 is 13.9 Å². The van der Waals surface area contributed by atoms with E-state index in [0.717, 1.165) is 0 Å². The summed E-state index contributed by atoms with van der Waals surface area (Å²) in [6, 6.07) is 9.62. The van der Waals surface area contributed by atoms with E-state index in [0.29, 0.717) is 21.9 Å². The molecule has 2 aromatic carbocycles. The molecule has 3 rings (SSSR count). The Hall–Kier alpha value is -2.43. The van der Waals surface area contributed by atoms with Crippen molar-refractivity contribution in [1.82, 2.24) is 0 Å². The Morgan fingerprint density at radius 3 is 2.81 bits per heavy atom. The first kappa shape index (κ1) is 13.5. The van der Waals surface area contributed by atoms with Gasteiger partial charge in [0.05, 0.1) is 0 Å². The molecule has 7 heteroatoms. The zero-order valence-corrected chi connectivity index (χ0v) is 11.4. The second-order valence-electron chi connectivity index (χ2n) is 4.34. The lowest BCUT2D eigenvalue weighted by molar-refractivity contribution is 0.0583. The number of nitrogens with zero attached hydrogens (tertiary/aromatic N) is 3. The van der Waals surface area contributed by atoms with Crippen molar-refractivity contribution in [2.75, 3.05) is 6.54 Å². The standard InChI is InChI=1S/C14H9ClFN3O2/c15-11-4-2-1-3-9(11)10-5-8(16)6-12-14(10)21-13(20-12)7-18-19-17/h1-6,13H,7H2. The summed E-state index contributed by atoms with van der Waals surface area (Å²) in [6.45, 7) is -0.00520. The minimum absolute atomic E-state index is 0.00520. The number of ether oxygens (including phenoxy) is 2. The van der Waals surface area contributed by atoms with E-state index in [1.54, 1.807) is 24.3 Å². The zero-order valence-electron chi connectivity index (χ0n) is 10.7. The Morgan fingerprint density at radius 2 is 2.05 bits per heavy atom. The molecule has 1 aliphatic heterocycles. The van der Waals surface area contributed by atoms with Gasteiger partial charge in [-0.2, -0.15) is 0 Å². The lowest BCUT2D eigenvalue weighted by Gasteiger charge is -2.09. The van der Waals surface area contributed by atoms with Gasteiger partial charge in [0.1, 0.15) is 12.4 Å². The predicted molar refractivity (Wildman–Crippen MR) is 75.9 cm³/mol. The van der Waals surface area contributed by atoms with Crippen LogP contribution in [0.25, 0.3) is 21.6 Å². The van der Waals surface area contributed by atoms with Gasteiger partial charge in [-0.15, -0.1) is 0 Å². The van der Waals surface area contributed by atoms with Gasteiger partial charge < -0.3 is 9.47 Å². The average molecular weight is 306 g/mol. The third-order valence-electron chi connectivity index (χ3n) is 2.99. The number of hydrogen-bond donors (Lipinski definition) is 0. The molecule has 0 bridgehead atoms. The van der Waals surface area contributed by atoms with Crippen molar-refractivity contribution >= 4 is 11.6 Å². The molecule has 1 atom stereocenters. The number of rotatable bonds is 3. The molecule has 1 unspecified atom stereocenters. The van der Waals surface area contributed by atoms with Crippen LogP contribution in [0.3, 0.4) is 0 Å². The smallest absolute Gasteiger partial charge is 0.247 e. The van der Waals surface area contributed by atoms with Gasteiger partial charge in [-0.25, -0.2) is 4.39 Å². The molecule has 0 aromatic heterocycles. The molecular weight excluding hydrogens is 297 g/mol. The van der Waals surface area contributed by atoms with E-state index in [1.165, 1.54) is 12.1 Å². The molecule has 0 saturated carbocycles. The first-order chi connectivity index (χ1) is 10.2. The molecule has 0 aliphatic carbocycles. The Balaban J connectivity index is 2.05. The van der Waals surface area contributed by atoms with Gasteiger partial charge in [-0.1, -0.05) is 34.9 Å². The van der Waals surface area contributed by atoms with Gasteiger partial charge in [-0.05, 0) is 17.7 Å². The Morgan fingerprint density at radius 1 is 1.24 bits per heavy atom. The Labute approximate surface area is 124 Å². The molecular formula is C14H9ClFN3O2. The first-order valence-corrected chi connectivity index (χ1v) is 6.49. The topological polar surface area (TPSA) is 67.2 Å². The van der Waals surface area contributed by atoms with Crippen LogP contribution in [0.2, 0.25) is 5.02 Å². The lowest BCUT2D eigenvalue weighted by Crippen LogP contribution is -2.21. The fourth-order valence-electron chi connectivity index (χ4n) is 2.13. The highest BCUT2D eigenvalue weighted by Crippen LogP contribution is 2.45. The van der Waals surface area contributed by atoms with Crippen LogP contribution in [0.4, 0.5) is 4.39 Å². The van der Waals surface area contributed by atoms with Crippen LogP contribution in [-0.2, 0) is 0 Å². The second-order valence-corrected chi connectivity index (χ2v) is 4.75. The van der Waals surface area contributed by atoms with E-state index in [4.69, 9.17) is 26.6 Å². The molecule has 2 aromatic rings. The minimum Gasteiger partial charge on any atom is -0.451 e. The van der Waals surface area contributed by atoms with Gasteiger partial charge in [-0.3, -0.25) is 0 Å². The summed E-state index contributed by atoms with van der Waals surface area (Å²) in [7, 11) is 0. The molecule has 1 heterocycles. The molecule has 0 fully saturated rings.